The largest absolute Gasteiger partial charge is 0.497 e. The number of hydrogen-bond donors (Lipinski definition) is 1. The highest BCUT2D eigenvalue weighted by atomic mass is 16.5. The van der Waals surface area contributed by atoms with Crippen LogP contribution in [0.2, 0.25) is 0 Å². The minimum atomic E-state index is 0.723. The molecule has 0 atom stereocenters. The predicted molar refractivity (Wildman–Crippen MR) is 105 cm³/mol. The Morgan fingerprint density at radius 2 is 1.60 bits per heavy atom. The fraction of sp³-hybridized carbons (Fsp3) is 0.478. The van der Waals surface area contributed by atoms with Crippen LogP contribution in [0.5, 0.6) is 5.75 Å². The molecule has 2 aromatic rings. The zero-order valence-corrected chi connectivity index (χ0v) is 15.4. The van der Waals surface area contributed by atoms with E-state index in [1.807, 2.05) is 0 Å². The molecule has 134 valence electrons. The van der Waals surface area contributed by atoms with E-state index in [1.165, 1.54) is 49.7 Å². The normalized spacial score (nSPS) is 20.4. The number of hydrogen-bond acceptors (Lipinski definition) is 2. The minimum Gasteiger partial charge on any atom is -0.497 e. The lowest BCUT2D eigenvalue weighted by atomic mass is 9.82. The van der Waals surface area contributed by atoms with Crippen molar-refractivity contribution >= 4 is 0 Å². The average Bonchev–Trinajstić information content (AvgIpc) is 2.69. The Labute approximate surface area is 152 Å². The molecule has 0 heterocycles. The van der Waals surface area contributed by atoms with Gasteiger partial charge in [0.1, 0.15) is 5.75 Å². The van der Waals surface area contributed by atoms with Crippen LogP contribution in [-0.2, 0) is 6.42 Å². The SMILES string of the molecule is COc1ccc(CCCCNC2CCC(c3ccccc3)CC2)cc1. The van der Waals surface area contributed by atoms with Crippen molar-refractivity contribution in [3.05, 3.63) is 65.7 Å². The number of rotatable bonds is 8. The first kappa shape index (κ1) is 18.0. The van der Waals surface area contributed by atoms with Crippen molar-refractivity contribution < 1.29 is 4.74 Å². The van der Waals surface area contributed by atoms with Gasteiger partial charge in [0.15, 0.2) is 0 Å². The number of aryl methyl sites for hydroxylation is 1. The number of benzene rings is 2. The first-order chi connectivity index (χ1) is 12.3. The Hall–Kier alpha value is -1.80. The van der Waals surface area contributed by atoms with E-state index in [0.29, 0.717) is 0 Å². The van der Waals surface area contributed by atoms with E-state index < -0.39 is 0 Å². The summed E-state index contributed by atoms with van der Waals surface area (Å²) in [7, 11) is 1.72. The maximum atomic E-state index is 5.21. The van der Waals surface area contributed by atoms with E-state index >= 15 is 0 Å². The number of unbranched alkanes of at least 4 members (excludes halogenated alkanes) is 1. The van der Waals surface area contributed by atoms with Crippen molar-refractivity contribution in [2.24, 2.45) is 0 Å². The second kappa shape index (κ2) is 9.62. The van der Waals surface area contributed by atoms with E-state index in [4.69, 9.17) is 4.74 Å². The lowest BCUT2D eigenvalue weighted by Crippen LogP contribution is -2.33. The van der Waals surface area contributed by atoms with Gasteiger partial charge in [-0.05, 0) is 80.7 Å². The van der Waals surface area contributed by atoms with E-state index in [9.17, 15) is 0 Å². The van der Waals surface area contributed by atoms with Crippen LogP contribution in [0.3, 0.4) is 0 Å². The highest BCUT2D eigenvalue weighted by molar-refractivity contribution is 5.27. The fourth-order valence-corrected chi connectivity index (χ4v) is 3.91. The van der Waals surface area contributed by atoms with Crippen LogP contribution in [0, 0.1) is 0 Å². The molecule has 1 saturated carbocycles. The summed E-state index contributed by atoms with van der Waals surface area (Å²) in [5.74, 6) is 1.71. The van der Waals surface area contributed by atoms with Gasteiger partial charge in [-0.25, -0.2) is 0 Å². The predicted octanol–water partition coefficient (Wildman–Crippen LogP) is 5.33. The molecule has 3 rings (SSSR count). The van der Waals surface area contributed by atoms with Gasteiger partial charge in [0, 0.05) is 6.04 Å². The molecule has 2 heteroatoms. The van der Waals surface area contributed by atoms with Crippen molar-refractivity contribution in [1.82, 2.24) is 5.32 Å². The number of nitrogens with one attached hydrogen (secondary N) is 1. The molecule has 1 fully saturated rings. The van der Waals surface area contributed by atoms with Gasteiger partial charge in [-0.3, -0.25) is 0 Å². The fourth-order valence-electron chi connectivity index (χ4n) is 3.91. The van der Waals surface area contributed by atoms with Crippen molar-refractivity contribution in [2.45, 2.75) is 56.9 Å². The molecule has 2 nitrogen and oxygen atoms in total. The zero-order chi connectivity index (χ0) is 17.3. The highest BCUT2D eigenvalue weighted by Gasteiger charge is 2.21. The Morgan fingerprint density at radius 1 is 0.880 bits per heavy atom. The lowest BCUT2D eigenvalue weighted by molar-refractivity contribution is 0.341. The third kappa shape index (κ3) is 5.61. The maximum absolute atomic E-state index is 5.21. The summed E-state index contributed by atoms with van der Waals surface area (Å²) in [5.41, 5.74) is 2.93. The summed E-state index contributed by atoms with van der Waals surface area (Å²) < 4.78 is 5.21. The number of methoxy groups -OCH3 is 1. The standard InChI is InChI=1S/C23H31NO/c1-25-23-16-10-19(11-17-23)7-5-6-18-24-22-14-12-21(13-15-22)20-8-3-2-4-9-20/h2-4,8-11,16-17,21-22,24H,5-7,12-15,18H2,1H3. The molecule has 1 N–H and O–H groups in total. The van der Waals surface area contributed by atoms with Crippen molar-refractivity contribution in [3.63, 3.8) is 0 Å². The molecule has 0 saturated heterocycles. The van der Waals surface area contributed by atoms with Crippen molar-refractivity contribution in [1.29, 1.82) is 0 Å². The minimum absolute atomic E-state index is 0.723. The molecule has 0 spiro atoms. The van der Waals surface area contributed by atoms with Gasteiger partial charge in [0.05, 0.1) is 7.11 Å². The zero-order valence-electron chi connectivity index (χ0n) is 15.4. The summed E-state index contributed by atoms with van der Waals surface area (Å²) in [5, 5.41) is 3.78. The van der Waals surface area contributed by atoms with E-state index in [1.54, 1.807) is 7.11 Å². The second-order valence-corrected chi connectivity index (χ2v) is 7.22. The summed E-state index contributed by atoms with van der Waals surface area (Å²) >= 11 is 0. The highest BCUT2D eigenvalue weighted by Crippen LogP contribution is 2.32. The maximum Gasteiger partial charge on any atom is 0.118 e. The lowest BCUT2D eigenvalue weighted by Gasteiger charge is -2.29. The molecule has 0 amide bonds. The third-order valence-corrected chi connectivity index (χ3v) is 5.48. The molecule has 0 aromatic heterocycles. The quantitative estimate of drug-likeness (QED) is 0.657. The molecule has 0 unspecified atom stereocenters. The smallest absolute Gasteiger partial charge is 0.118 e. The topological polar surface area (TPSA) is 21.3 Å². The molecular weight excluding hydrogens is 306 g/mol. The molecule has 0 aliphatic heterocycles. The molecule has 1 aliphatic rings. The van der Waals surface area contributed by atoms with E-state index in [-0.39, 0.29) is 0 Å². The van der Waals surface area contributed by atoms with Gasteiger partial charge in [-0.15, -0.1) is 0 Å². The van der Waals surface area contributed by atoms with Crippen LogP contribution in [-0.4, -0.2) is 19.7 Å². The second-order valence-electron chi connectivity index (χ2n) is 7.22. The van der Waals surface area contributed by atoms with Crippen LogP contribution in [0.1, 0.15) is 55.6 Å². The van der Waals surface area contributed by atoms with E-state index in [2.05, 4.69) is 59.9 Å². The van der Waals surface area contributed by atoms with Crippen LogP contribution in [0.25, 0.3) is 0 Å². The van der Waals surface area contributed by atoms with Crippen molar-refractivity contribution in [2.75, 3.05) is 13.7 Å². The van der Waals surface area contributed by atoms with Gasteiger partial charge in [0.25, 0.3) is 0 Å². The number of ether oxygens (including phenoxy) is 1. The van der Waals surface area contributed by atoms with Crippen LogP contribution < -0.4 is 10.1 Å². The summed E-state index contributed by atoms with van der Waals surface area (Å²) in [6.07, 6.45) is 8.95. The summed E-state index contributed by atoms with van der Waals surface area (Å²) in [4.78, 5) is 0. The van der Waals surface area contributed by atoms with Gasteiger partial charge in [-0.1, -0.05) is 42.5 Å². The molecule has 1 aliphatic carbocycles. The monoisotopic (exact) mass is 337 g/mol. The molecular formula is C23H31NO. The molecule has 2 aromatic carbocycles. The Bertz CT molecular complexity index is 600. The van der Waals surface area contributed by atoms with Crippen LogP contribution in [0.4, 0.5) is 0 Å². The Kier molecular flexibility index (Phi) is 6.93. The van der Waals surface area contributed by atoms with Crippen LogP contribution >= 0.6 is 0 Å². The first-order valence-corrected chi connectivity index (χ1v) is 9.76. The Balaban J connectivity index is 1.28. The molecule has 0 radical (unpaired) electrons. The van der Waals surface area contributed by atoms with E-state index in [0.717, 1.165) is 30.7 Å². The molecule has 25 heavy (non-hydrogen) atoms. The van der Waals surface area contributed by atoms with Gasteiger partial charge in [0.2, 0.25) is 0 Å². The first-order valence-electron chi connectivity index (χ1n) is 9.76. The average molecular weight is 338 g/mol. The van der Waals surface area contributed by atoms with Gasteiger partial charge in [-0.2, -0.15) is 0 Å². The molecule has 0 bridgehead atoms. The summed E-state index contributed by atoms with van der Waals surface area (Å²) in [6.45, 7) is 1.15. The summed E-state index contributed by atoms with van der Waals surface area (Å²) in [6, 6.07) is 20.2. The van der Waals surface area contributed by atoms with Crippen molar-refractivity contribution in [3.8, 4) is 5.75 Å². The third-order valence-electron chi connectivity index (χ3n) is 5.48. The van der Waals surface area contributed by atoms with Crippen LogP contribution in [0.15, 0.2) is 54.6 Å². The van der Waals surface area contributed by atoms with Gasteiger partial charge >= 0.3 is 0 Å². The Morgan fingerprint density at radius 3 is 2.28 bits per heavy atom. The van der Waals surface area contributed by atoms with Gasteiger partial charge < -0.3 is 10.1 Å².